The highest BCUT2D eigenvalue weighted by atomic mass is 19.1. The SMILES string of the molecule is CC(O)c1ccc(F)cc1OCc1ncon1. The zero-order valence-electron chi connectivity index (χ0n) is 9.13. The fraction of sp³-hybridized carbons (Fsp3) is 0.273. The molecule has 0 spiro atoms. The molecule has 5 nitrogen and oxygen atoms in total. The molecule has 1 atom stereocenters. The van der Waals surface area contributed by atoms with E-state index in [1.54, 1.807) is 6.92 Å². The van der Waals surface area contributed by atoms with Gasteiger partial charge in [0, 0.05) is 11.6 Å². The molecule has 17 heavy (non-hydrogen) atoms. The Kier molecular flexibility index (Phi) is 3.34. The van der Waals surface area contributed by atoms with Crippen LogP contribution >= 0.6 is 0 Å². The molecule has 2 rings (SSSR count). The summed E-state index contributed by atoms with van der Waals surface area (Å²) in [5.74, 6) is 0.188. The van der Waals surface area contributed by atoms with Crippen LogP contribution in [0.3, 0.4) is 0 Å². The van der Waals surface area contributed by atoms with E-state index in [4.69, 9.17) is 4.74 Å². The number of rotatable bonds is 4. The third-order valence-corrected chi connectivity index (χ3v) is 2.19. The molecule has 0 saturated carbocycles. The Labute approximate surface area is 96.8 Å². The Morgan fingerprint density at radius 3 is 3.00 bits per heavy atom. The second-order valence-corrected chi connectivity index (χ2v) is 3.49. The average molecular weight is 238 g/mol. The first kappa shape index (κ1) is 11.5. The number of halogens is 1. The molecule has 1 unspecified atom stereocenters. The second-order valence-electron chi connectivity index (χ2n) is 3.49. The molecule has 0 aliphatic rings. The lowest BCUT2D eigenvalue weighted by Crippen LogP contribution is -2.02. The van der Waals surface area contributed by atoms with Gasteiger partial charge in [0.25, 0.3) is 0 Å². The number of hydrogen-bond donors (Lipinski definition) is 1. The molecule has 0 aliphatic heterocycles. The lowest BCUT2D eigenvalue weighted by atomic mass is 10.1. The summed E-state index contributed by atoms with van der Waals surface area (Å²) in [6.45, 7) is 1.63. The maximum absolute atomic E-state index is 13.1. The van der Waals surface area contributed by atoms with Crippen molar-refractivity contribution in [1.82, 2.24) is 10.1 Å². The highest BCUT2D eigenvalue weighted by Gasteiger charge is 2.11. The lowest BCUT2D eigenvalue weighted by molar-refractivity contribution is 0.189. The minimum atomic E-state index is -0.740. The van der Waals surface area contributed by atoms with E-state index in [2.05, 4.69) is 14.7 Å². The largest absolute Gasteiger partial charge is 0.485 e. The molecule has 0 amide bonds. The number of aliphatic hydroxyl groups is 1. The summed E-state index contributed by atoms with van der Waals surface area (Å²) in [7, 11) is 0. The summed E-state index contributed by atoms with van der Waals surface area (Å²) in [5, 5.41) is 13.1. The van der Waals surface area contributed by atoms with Gasteiger partial charge in [0.2, 0.25) is 12.2 Å². The van der Waals surface area contributed by atoms with Crippen LogP contribution in [0, 0.1) is 5.82 Å². The van der Waals surface area contributed by atoms with Gasteiger partial charge in [-0.1, -0.05) is 5.16 Å². The summed E-state index contributed by atoms with van der Waals surface area (Å²) in [6.07, 6.45) is 0.440. The van der Waals surface area contributed by atoms with E-state index in [0.717, 1.165) is 0 Å². The van der Waals surface area contributed by atoms with Crippen molar-refractivity contribution in [3.63, 3.8) is 0 Å². The first-order valence-electron chi connectivity index (χ1n) is 5.02. The Morgan fingerprint density at radius 1 is 1.53 bits per heavy atom. The van der Waals surface area contributed by atoms with E-state index < -0.39 is 11.9 Å². The first-order valence-corrected chi connectivity index (χ1v) is 5.02. The molecular formula is C11H11FN2O3. The van der Waals surface area contributed by atoms with Crippen molar-refractivity contribution in [3.8, 4) is 5.75 Å². The summed E-state index contributed by atoms with van der Waals surface area (Å²) in [5.41, 5.74) is 0.509. The van der Waals surface area contributed by atoms with Gasteiger partial charge in [0.1, 0.15) is 11.6 Å². The standard InChI is InChI=1S/C11H11FN2O3/c1-7(15)9-3-2-8(12)4-10(9)16-5-11-13-6-17-14-11/h2-4,6-7,15H,5H2,1H3. The van der Waals surface area contributed by atoms with Gasteiger partial charge in [-0.15, -0.1) is 0 Å². The number of aromatic nitrogens is 2. The molecule has 0 aliphatic carbocycles. The molecule has 0 fully saturated rings. The molecule has 6 heteroatoms. The molecule has 90 valence electrons. The van der Waals surface area contributed by atoms with Crippen molar-refractivity contribution in [2.75, 3.05) is 0 Å². The maximum Gasteiger partial charge on any atom is 0.213 e. The van der Waals surface area contributed by atoms with E-state index in [0.29, 0.717) is 11.4 Å². The van der Waals surface area contributed by atoms with Crippen LogP contribution in [0.1, 0.15) is 24.4 Å². The van der Waals surface area contributed by atoms with Crippen molar-refractivity contribution in [2.24, 2.45) is 0 Å². The molecule has 0 bridgehead atoms. The van der Waals surface area contributed by atoms with Gasteiger partial charge >= 0.3 is 0 Å². The molecule has 0 saturated heterocycles. The number of benzene rings is 1. The molecule has 0 radical (unpaired) electrons. The first-order chi connectivity index (χ1) is 8.16. The van der Waals surface area contributed by atoms with Gasteiger partial charge in [-0.25, -0.2) is 4.39 Å². The summed E-state index contributed by atoms with van der Waals surface area (Å²) in [6, 6.07) is 3.96. The highest BCUT2D eigenvalue weighted by Crippen LogP contribution is 2.26. The van der Waals surface area contributed by atoms with Crippen LogP contribution in [-0.2, 0) is 6.61 Å². The summed E-state index contributed by atoms with van der Waals surface area (Å²) >= 11 is 0. The number of ether oxygens (including phenoxy) is 1. The topological polar surface area (TPSA) is 68.4 Å². The predicted octanol–water partition coefficient (Wildman–Crippen LogP) is 1.84. The van der Waals surface area contributed by atoms with Crippen molar-refractivity contribution in [3.05, 3.63) is 41.8 Å². The molecular weight excluding hydrogens is 227 g/mol. The number of hydrogen-bond acceptors (Lipinski definition) is 5. The van der Waals surface area contributed by atoms with Crippen LogP contribution in [0.2, 0.25) is 0 Å². The van der Waals surface area contributed by atoms with E-state index >= 15 is 0 Å². The van der Waals surface area contributed by atoms with Crippen LogP contribution < -0.4 is 4.74 Å². The summed E-state index contributed by atoms with van der Waals surface area (Å²) < 4.78 is 22.9. The van der Waals surface area contributed by atoms with Crippen LogP contribution in [-0.4, -0.2) is 15.2 Å². The van der Waals surface area contributed by atoms with Crippen LogP contribution in [0.4, 0.5) is 4.39 Å². The molecule has 2 aromatic rings. The van der Waals surface area contributed by atoms with E-state index in [9.17, 15) is 9.50 Å². The fourth-order valence-corrected chi connectivity index (χ4v) is 1.38. The number of aliphatic hydroxyl groups excluding tert-OH is 1. The highest BCUT2D eigenvalue weighted by molar-refractivity contribution is 5.35. The van der Waals surface area contributed by atoms with Gasteiger partial charge in [0.05, 0.1) is 6.10 Å². The zero-order chi connectivity index (χ0) is 12.3. The Bertz CT molecular complexity index is 485. The average Bonchev–Trinajstić information content (AvgIpc) is 2.78. The van der Waals surface area contributed by atoms with E-state index in [-0.39, 0.29) is 12.4 Å². The van der Waals surface area contributed by atoms with Gasteiger partial charge in [0.15, 0.2) is 6.61 Å². The Balaban J connectivity index is 2.16. The zero-order valence-corrected chi connectivity index (χ0v) is 9.13. The smallest absolute Gasteiger partial charge is 0.213 e. The van der Waals surface area contributed by atoms with Crippen molar-refractivity contribution in [2.45, 2.75) is 19.6 Å². The molecule has 1 N–H and O–H groups in total. The third-order valence-electron chi connectivity index (χ3n) is 2.19. The van der Waals surface area contributed by atoms with E-state index in [1.165, 1.54) is 24.6 Å². The third kappa shape index (κ3) is 2.79. The second kappa shape index (κ2) is 4.92. The van der Waals surface area contributed by atoms with E-state index in [1.807, 2.05) is 0 Å². The monoisotopic (exact) mass is 238 g/mol. The lowest BCUT2D eigenvalue weighted by Gasteiger charge is -2.12. The Hall–Kier alpha value is -1.95. The fourth-order valence-electron chi connectivity index (χ4n) is 1.38. The van der Waals surface area contributed by atoms with Crippen molar-refractivity contribution in [1.29, 1.82) is 0 Å². The van der Waals surface area contributed by atoms with Gasteiger partial charge in [-0.2, -0.15) is 4.98 Å². The van der Waals surface area contributed by atoms with Gasteiger partial charge in [-0.05, 0) is 19.1 Å². The Morgan fingerprint density at radius 2 is 2.35 bits per heavy atom. The molecule has 1 aromatic carbocycles. The maximum atomic E-state index is 13.1. The van der Waals surface area contributed by atoms with Crippen LogP contribution in [0.15, 0.2) is 29.1 Å². The van der Waals surface area contributed by atoms with Crippen LogP contribution in [0.25, 0.3) is 0 Å². The quantitative estimate of drug-likeness (QED) is 0.880. The molecule has 1 heterocycles. The van der Waals surface area contributed by atoms with Crippen LogP contribution in [0.5, 0.6) is 5.75 Å². The number of nitrogens with zero attached hydrogens (tertiary/aromatic N) is 2. The minimum Gasteiger partial charge on any atom is -0.485 e. The molecule has 1 aromatic heterocycles. The predicted molar refractivity (Wildman–Crippen MR) is 55.7 cm³/mol. The van der Waals surface area contributed by atoms with Gasteiger partial charge < -0.3 is 14.4 Å². The van der Waals surface area contributed by atoms with Gasteiger partial charge in [-0.3, -0.25) is 0 Å². The summed E-state index contributed by atoms with van der Waals surface area (Å²) in [4.78, 5) is 3.77. The van der Waals surface area contributed by atoms with Crippen molar-refractivity contribution >= 4 is 0 Å². The normalized spacial score (nSPS) is 12.4. The van der Waals surface area contributed by atoms with Crippen molar-refractivity contribution < 1.29 is 18.8 Å². The minimum absolute atomic E-state index is 0.0552.